The molecular weight excluding hydrogens is 352 g/mol. The van der Waals surface area contributed by atoms with E-state index in [1.165, 1.54) is 5.56 Å². The van der Waals surface area contributed by atoms with Crippen LogP contribution in [0.4, 0.5) is 4.79 Å². The van der Waals surface area contributed by atoms with E-state index in [9.17, 15) is 4.79 Å². The minimum atomic E-state index is -0.416. The molecule has 2 aromatic carbocycles. The molecule has 0 radical (unpaired) electrons. The van der Waals surface area contributed by atoms with Gasteiger partial charge in [0, 0.05) is 6.04 Å². The molecule has 0 aliphatic carbocycles. The molecule has 0 unspecified atom stereocenters. The molecular formula is C23H30N2O3. The SMILES string of the molecule is CC(C)C[C@@H](NC(=O)OC[C@@H]1O[C@@H]1[C@@H](N)Cc1ccccc1)c1ccccc1. The molecule has 3 N–H and O–H groups in total. The van der Waals surface area contributed by atoms with Crippen LogP contribution in [0.25, 0.3) is 0 Å². The van der Waals surface area contributed by atoms with Crippen molar-refractivity contribution in [3.05, 3.63) is 71.8 Å². The quantitative estimate of drug-likeness (QED) is 0.646. The van der Waals surface area contributed by atoms with Crippen molar-refractivity contribution in [2.45, 2.75) is 51.0 Å². The highest BCUT2D eigenvalue weighted by atomic mass is 16.6. The standard InChI is InChI=1S/C23H30N2O3/c1-16(2)13-20(18-11-7-4-8-12-18)25-23(26)27-15-21-22(28-21)19(24)14-17-9-5-3-6-10-17/h3-12,16,19-22H,13-15,24H2,1-2H3,(H,25,26)/t19-,20+,21-,22+/m0/s1. The van der Waals surface area contributed by atoms with E-state index in [2.05, 4.69) is 31.3 Å². The minimum absolute atomic E-state index is 0.0615. The van der Waals surface area contributed by atoms with Crippen molar-refractivity contribution in [1.29, 1.82) is 0 Å². The fraction of sp³-hybridized carbons (Fsp3) is 0.435. The Kier molecular flexibility index (Phi) is 7.06. The van der Waals surface area contributed by atoms with E-state index < -0.39 is 6.09 Å². The van der Waals surface area contributed by atoms with Crippen molar-refractivity contribution in [3.63, 3.8) is 0 Å². The monoisotopic (exact) mass is 382 g/mol. The average Bonchev–Trinajstić information content (AvgIpc) is 3.47. The molecule has 1 fully saturated rings. The normalized spacial score (nSPS) is 20.4. The van der Waals surface area contributed by atoms with Gasteiger partial charge in [-0.3, -0.25) is 0 Å². The van der Waals surface area contributed by atoms with Gasteiger partial charge in [-0.15, -0.1) is 0 Å². The third-order valence-corrected chi connectivity index (χ3v) is 4.94. The lowest BCUT2D eigenvalue weighted by Gasteiger charge is -2.20. The van der Waals surface area contributed by atoms with Crippen molar-refractivity contribution in [2.24, 2.45) is 11.7 Å². The molecule has 150 valence electrons. The van der Waals surface area contributed by atoms with Gasteiger partial charge in [0.25, 0.3) is 0 Å². The first-order valence-corrected chi connectivity index (χ1v) is 9.96. The number of nitrogens with one attached hydrogen (secondary N) is 1. The molecule has 28 heavy (non-hydrogen) atoms. The van der Waals surface area contributed by atoms with Crippen LogP contribution in [-0.4, -0.2) is 30.9 Å². The highest BCUT2D eigenvalue weighted by molar-refractivity contribution is 5.68. The van der Waals surface area contributed by atoms with Crippen LogP contribution >= 0.6 is 0 Å². The molecule has 0 saturated carbocycles. The zero-order valence-electron chi connectivity index (χ0n) is 16.6. The van der Waals surface area contributed by atoms with Crippen LogP contribution in [0, 0.1) is 5.92 Å². The Morgan fingerprint density at radius 2 is 1.75 bits per heavy atom. The van der Waals surface area contributed by atoms with Crippen LogP contribution in [0.1, 0.15) is 37.4 Å². The summed E-state index contributed by atoms with van der Waals surface area (Å²) in [6.07, 6.45) is 1.00. The van der Waals surface area contributed by atoms with Crippen molar-refractivity contribution in [2.75, 3.05) is 6.61 Å². The van der Waals surface area contributed by atoms with Crippen molar-refractivity contribution in [1.82, 2.24) is 5.32 Å². The van der Waals surface area contributed by atoms with Crippen molar-refractivity contribution < 1.29 is 14.3 Å². The second kappa shape index (κ2) is 9.71. The van der Waals surface area contributed by atoms with Gasteiger partial charge in [-0.05, 0) is 29.9 Å². The first-order valence-electron chi connectivity index (χ1n) is 9.96. The Bertz CT molecular complexity index is 736. The number of hydrogen-bond donors (Lipinski definition) is 2. The first-order chi connectivity index (χ1) is 13.5. The van der Waals surface area contributed by atoms with Gasteiger partial charge in [-0.2, -0.15) is 0 Å². The Morgan fingerprint density at radius 3 is 2.39 bits per heavy atom. The zero-order valence-corrected chi connectivity index (χ0v) is 16.6. The van der Waals surface area contributed by atoms with Crippen LogP contribution in [0.15, 0.2) is 60.7 Å². The number of benzene rings is 2. The topological polar surface area (TPSA) is 76.9 Å². The number of alkyl carbamates (subject to hydrolysis) is 1. The summed E-state index contributed by atoms with van der Waals surface area (Å²) in [7, 11) is 0. The maximum absolute atomic E-state index is 12.3. The summed E-state index contributed by atoms with van der Waals surface area (Å²) >= 11 is 0. The highest BCUT2D eigenvalue weighted by Crippen LogP contribution is 2.27. The molecule has 1 aliphatic rings. The Labute approximate surface area is 167 Å². The first kappa shape index (κ1) is 20.4. The van der Waals surface area contributed by atoms with Gasteiger partial charge in [0.1, 0.15) is 18.8 Å². The number of hydrogen-bond acceptors (Lipinski definition) is 4. The van der Waals surface area contributed by atoms with E-state index in [4.69, 9.17) is 15.2 Å². The Balaban J connectivity index is 1.44. The maximum Gasteiger partial charge on any atom is 0.407 e. The minimum Gasteiger partial charge on any atom is -0.447 e. The molecule has 0 bridgehead atoms. The van der Waals surface area contributed by atoms with Crippen LogP contribution in [0.3, 0.4) is 0 Å². The Hall–Kier alpha value is -2.37. The van der Waals surface area contributed by atoms with E-state index in [-0.39, 0.29) is 30.9 Å². The van der Waals surface area contributed by atoms with E-state index in [1.807, 2.05) is 48.5 Å². The van der Waals surface area contributed by atoms with Crippen molar-refractivity contribution >= 4 is 6.09 Å². The molecule has 0 spiro atoms. The molecule has 5 nitrogen and oxygen atoms in total. The van der Waals surface area contributed by atoms with Crippen LogP contribution in [0.2, 0.25) is 0 Å². The van der Waals surface area contributed by atoms with Gasteiger partial charge in [0.05, 0.1) is 6.04 Å². The number of carbonyl (C=O) groups is 1. The van der Waals surface area contributed by atoms with Gasteiger partial charge in [-0.25, -0.2) is 4.79 Å². The summed E-state index contributed by atoms with van der Waals surface area (Å²) in [4.78, 5) is 12.3. The highest BCUT2D eigenvalue weighted by Gasteiger charge is 2.44. The largest absolute Gasteiger partial charge is 0.447 e. The molecule has 0 aromatic heterocycles. The number of ether oxygens (including phenoxy) is 2. The third kappa shape index (κ3) is 6.08. The molecule has 5 heteroatoms. The summed E-state index contributed by atoms with van der Waals surface area (Å²) in [5.74, 6) is 0.456. The predicted molar refractivity (Wildman–Crippen MR) is 110 cm³/mol. The lowest BCUT2D eigenvalue weighted by atomic mass is 9.97. The lowest BCUT2D eigenvalue weighted by molar-refractivity contribution is 0.131. The summed E-state index contributed by atoms with van der Waals surface area (Å²) in [5, 5.41) is 2.98. The van der Waals surface area contributed by atoms with Gasteiger partial charge < -0.3 is 20.5 Å². The number of epoxide rings is 1. The fourth-order valence-corrected chi connectivity index (χ4v) is 3.45. The van der Waals surface area contributed by atoms with Crippen LogP contribution in [0.5, 0.6) is 0 Å². The molecule has 2 aromatic rings. The fourth-order valence-electron chi connectivity index (χ4n) is 3.45. The number of nitrogens with two attached hydrogens (primary N) is 1. The predicted octanol–water partition coefficient (Wildman–Crippen LogP) is 3.84. The zero-order chi connectivity index (χ0) is 19.9. The lowest BCUT2D eigenvalue weighted by Crippen LogP contribution is -2.33. The summed E-state index contributed by atoms with van der Waals surface area (Å²) in [6.45, 7) is 4.50. The summed E-state index contributed by atoms with van der Waals surface area (Å²) < 4.78 is 11.0. The average molecular weight is 383 g/mol. The van der Waals surface area contributed by atoms with Gasteiger partial charge in [-0.1, -0.05) is 74.5 Å². The van der Waals surface area contributed by atoms with E-state index in [1.54, 1.807) is 0 Å². The van der Waals surface area contributed by atoms with Gasteiger partial charge in [0.15, 0.2) is 0 Å². The Morgan fingerprint density at radius 1 is 1.11 bits per heavy atom. The number of rotatable bonds is 9. The number of carbonyl (C=O) groups excluding carboxylic acids is 1. The van der Waals surface area contributed by atoms with Crippen LogP contribution in [-0.2, 0) is 15.9 Å². The summed E-state index contributed by atoms with van der Waals surface area (Å²) in [5.41, 5.74) is 8.50. The molecule has 1 aliphatic heterocycles. The number of amides is 1. The second-order valence-electron chi connectivity index (χ2n) is 7.83. The molecule has 1 amide bonds. The molecule has 3 rings (SSSR count). The van der Waals surface area contributed by atoms with Crippen LogP contribution < -0.4 is 11.1 Å². The third-order valence-electron chi connectivity index (χ3n) is 4.94. The van der Waals surface area contributed by atoms with E-state index in [0.29, 0.717) is 5.92 Å². The maximum atomic E-state index is 12.3. The van der Waals surface area contributed by atoms with E-state index in [0.717, 1.165) is 18.4 Å². The van der Waals surface area contributed by atoms with E-state index >= 15 is 0 Å². The second-order valence-corrected chi connectivity index (χ2v) is 7.83. The van der Waals surface area contributed by atoms with Gasteiger partial charge in [0.2, 0.25) is 0 Å². The van der Waals surface area contributed by atoms with Gasteiger partial charge >= 0.3 is 6.09 Å². The summed E-state index contributed by atoms with van der Waals surface area (Å²) in [6, 6.07) is 19.9. The smallest absolute Gasteiger partial charge is 0.407 e. The molecule has 4 atom stereocenters. The molecule has 1 saturated heterocycles. The van der Waals surface area contributed by atoms with Crippen molar-refractivity contribution in [3.8, 4) is 0 Å². The molecule has 1 heterocycles.